The summed E-state index contributed by atoms with van der Waals surface area (Å²) in [6.45, 7) is 21.9. The number of phenolic OH excluding ortho intramolecular Hbond substituents is 1. The number of phenols is 1. The molecular formula is C34H42O3. The van der Waals surface area contributed by atoms with Crippen LogP contribution in [0.4, 0.5) is 0 Å². The molecule has 0 aliphatic heterocycles. The average Bonchev–Trinajstić information content (AvgIpc) is 2.83. The predicted octanol–water partition coefficient (Wildman–Crippen LogP) is 8.93. The van der Waals surface area contributed by atoms with Crippen molar-refractivity contribution in [2.45, 2.75) is 85.0 Å². The highest BCUT2D eigenvalue weighted by molar-refractivity contribution is 5.89. The number of benzene rings is 3. The summed E-state index contributed by atoms with van der Waals surface area (Å²) in [5.74, 6) is -0.0196. The lowest BCUT2D eigenvalue weighted by Crippen LogP contribution is -2.34. The van der Waals surface area contributed by atoms with Gasteiger partial charge in [0, 0.05) is 0 Å². The largest absolute Gasteiger partial charge is 0.508 e. The van der Waals surface area contributed by atoms with Crippen molar-refractivity contribution in [1.29, 1.82) is 0 Å². The number of carbonyl (C=O) groups is 1. The quantitative estimate of drug-likeness (QED) is 0.377. The smallest absolute Gasteiger partial charge is 0.335 e. The third-order valence-corrected chi connectivity index (χ3v) is 7.90. The molecule has 0 atom stereocenters. The fourth-order valence-electron chi connectivity index (χ4n) is 5.00. The number of rotatable bonds is 4. The second-order valence-corrected chi connectivity index (χ2v) is 12.0. The van der Waals surface area contributed by atoms with E-state index < -0.39 is 5.97 Å². The van der Waals surface area contributed by atoms with Crippen LogP contribution in [0.3, 0.4) is 0 Å². The van der Waals surface area contributed by atoms with Crippen LogP contribution in [0.5, 0.6) is 5.75 Å². The maximum atomic E-state index is 11.1. The van der Waals surface area contributed by atoms with Crippen molar-refractivity contribution in [3.8, 4) is 5.75 Å². The van der Waals surface area contributed by atoms with Gasteiger partial charge in [-0.1, -0.05) is 84.5 Å². The third kappa shape index (κ3) is 6.15. The summed E-state index contributed by atoms with van der Waals surface area (Å²) in [5.41, 5.74) is 9.92. The van der Waals surface area contributed by atoms with Crippen LogP contribution in [0.25, 0.3) is 5.57 Å². The molecule has 0 saturated heterocycles. The first kappa shape index (κ1) is 28.2. The number of aromatic hydroxyl groups is 1. The topological polar surface area (TPSA) is 57.5 Å². The highest BCUT2D eigenvalue weighted by atomic mass is 16.4. The van der Waals surface area contributed by atoms with Crippen molar-refractivity contribution in [1.82, 2.24) is 0 Å². The molecule has 3 aromatic rings. The number of hydrogen-bond acceptors (Lipinski definition) is 2. The molecular weight excluding hydrogens is 456 g/mol. The number of hydrogen-bond donors (Lipinski definition) is 2. The van der Waals surface area contributed by atoms with Crippen molar-refractivity contribution in [3.63, 3.8) is 0 Å². The number of aromatic carboxylic acids is 1. The third-order valence-electron chi connectivity index (χ3n) is 7.90. The average molecular weight is 499 g/mol. The molecule has 0 saturated carbocycles. The van der Waals surface area contributed by atoms with Gasteiger partial charge in [0.25, 0.3) is 0 Å². The van der Waals surface area contributed by atoms with Crippen LogP contribution >= 0.6 is 0 Å². The van der Waals surface area contributed by atoms with Gasteiger partial charge >= 0.3 is 5.97 Å². The van der Waals surface area contributed by atoms with E-state index in [1.807, 2.05) is 31.2 Å². The van der Waals surface area contributed by atoms with Crippen LogP contribution in [0.15, 0.2) is 61.2 Å². The molecule has 1 aliphatic carbocycles. The zero-order chi connectivity index (χ0) is 27.7. The van der Waals surface area contributed by atoms with Crippen molar-refractivity contribution in [3.05, 3.63) is 106 Å². The Balaban J connectivity index is 0.000000289. The van der Waals surface area contributed by atoms with Gasteiger partial charge in [-0.25, -0.2) is 4.79 Å². The molecule has 2 N–H and O–H groups in total. The zero-order valence-electron chi connectivity index (χ0n) is 23.7. The molecule has 0 spiro atoms. The first-order valence-corrected chi connectivity index (χ1v) is 13.1. The standard InChI is InChI=1S/C24H28O2.C10H14O/c1-15-13-20-21(24(5,6)12-11-23(20,3)4)14-19(15)16(2)17-7-9-18(10-8-17)22(25)26;1-7(2)9-5-4-8(3)10(11)6-9/h7-10,13-14H,2,11-12H2,1,3-6H3,(H,25,26);4-7,11H,1-3H3. The Morgan fingerprint density at radius 3 is 1.81 bits per heavy atom. The first-order chi connectivity index (χ1) is 17.1. The Hall–Kier alpha value is -3.33. The summed E-state index contributed by atoms with van der Waals surface area (Å²) in [5, 5.41) is 18.4. The molecule has 0 heterocycles. The van der Waals surface area contributed by atoms with Crippen LogP contribution < -0.4 is 0 Å². The van der Waals surface area contributed by atoms with Crippen LogP contribution in [0, 0.1) is 13.8 Å². The van der Waals surface area contributed by atoms with E-state index in [0.717, 1.165) is 22.3 Å². The van der Waals surface area contributed by atoms with E-state index >= 15 is 0 Å². The van der Waals surface area contributed by atoms with Crippen LogP contribution in [-0.4, -0.2) is 16.2 Å². The van der Waals surface area contributed by atoms with E-state index in [0.29, 0.717) is 17.2 Å². The van der Waals surface area contributed by atoms with E-state index in [1.54, 1.807) is 12.1 Å². The first-order valence-electron chi connectivity index (χ1n) is 13.1. The van der Waals surface area contributed by atoms with Gasteiger partial charge < -0.3 is 10.2 Å². The van der Waals surface area contributed by atoms with Gasteiger partial charge in [0.2, 0.25) is 0 Å². The Morgan fingerprint density at radius 2 is 1.32 bits per heavy atom. The Morgan fingerprint density at radius 1 is 0.811 bits per heavy atom. The summed E-state index contributed by atoms with van der Waals surface area (Å²) in [4.78, 5) is 11.1. The monoisotopic (exact) mass is 498 g/mol. The lowest BCUT2D eigenvalue weighted by Gasteiger charge is -2.42. The summed E-state index contributed by atoms with van der Waals surface area (Å²) >= 11 is 0. The lowest BCUT2D eigenvalue weighted by atomic mass is 9.62. The van der Waals surface area contributed by atoms with E-state index in [4.69, 9.17) is 5.11 Å². The highest BCUT2D eigenvalue weighted by Crippen LogP contribution is 2.47. The molecule has 3 nitrogen and oxygen atoms in total. The highest BCUT2D eigenvalue weighted by Gasteiger charge is 2.37. The number of aryl methyl sites for hydroxylation is 2. The molecule has 0 radical (unpaired) electrons. The van der Waals surface area contributed by atoms with Crippen molar-refractivity contribution < 1.29 is 15.0 Å². The Bertz CT molecular complexity index is 1310. The number of carboxylic acid groups (broad SMARTS) is 1. The lowest BCUT2D eigenvalue weighted by molar-refractivity contribution is 0.0697. The molecule has 1 aliphatic rings. The van der Waals surface area contributed by atoms with E-state index in [1.165, 1.54) is 35.1 Å². The van der Waals surface area contributed by atoms with Crippen LogP contribution in [-0.2, 0) is 10.8 Å². The van der Waals surface area contributed by atoms with E-state index in [2.05, 4.69) is 73.2 Å². The molecule has 37 heavy (non-hydrogen) atoms. The van der Waals surface area contributed by atoms with Gasteiger partial charge in [-0.3, -0.25) is 0 Å². The number of carboxylic acids is 1. The fraction of sp³-hybridized carbons (Fsp3) is 0.382. The second kappa shape index (κ2) is 10.6. The summed E-state index contributed by atoms with van der Waals surface area (Å²) in [6.07, 6.45) is 2.37. The minimum atomic E-state index is -0.906. The normalized spacial score (nSPS) is 15.4. The van der Waals surface area contributed by atoms with Gasteiger partial charge in [-0.15, -0.1) is 0 Å². The molecule has 0 unspecified atom stereocenters. The minimum Gasteiger partial charge on any atom is -0.508 e. The van der Waals surface area contributed by atoms with Gasteiger partial charge in [0.1, 0.15) is 5.75 Å². The molecule has 3 heteroatoms. The SMILES string of the molecule is C=C(c1ccc(C(=O)O)cc1)c1cc2c(cc1C)C(C)(C)CCC2(C)C.Cc1ccc(C(C)C)cc1O. The van der Waals surface area contributed by atoms with Crippen LogP contribution in [0.1, 0.15) is 110 Å². The second-order valence-electron chi connectivity index (χ2n) is 12.0. The Labute approximate surface area is 222 Å². The van der Waals surface area contributed by atoms with E-state index in [-0.39, 0.29) is 10.8 Å². The van der Waals surface area contributed by atoms with Gasteiger partial charge in [0.05, 0.1) is 5.56 Å². The summed E-state index contributed by atoms with van der Waals surface area (Å²) < 4.78 is 0. The molecule has 196 valence electrons. The fourth-order valence-corrected chi connectivity index (χ4v) is 5.00. The molecule has 0 amide bonds. The molecule has 4 rings (SSSR count). The maximum absolute atomic E-state index is 11.1. The molecule has 3 aromatic carbocycles. The predicted molar refractivity (Wildman–Crippen MR) is 155 cm³/mol. The molecule has 0 aromatic heterocycles. The maximum Gasteiger partial charge on any atom is 0.335 e. The summed E-state index contributed by atoms with van der Waals surface area (Å²) in [6, 6.07) is 17.5. The van der Waals surface area contributed by atoms with Crippen molar-refractivity contribution in [2.75, 3.05) is 0 Å². The number of fused-ring (bicyclic) bond motifs is 1. The van der Waals surface area contributed by atoms with Crippen molar-refractivity contribution >= 4 is 11.5 Å². The van der Waals surface area contributed by atoms with Crippen molar-refractivity contribution in [2.24, 2.45) is 0 Å². The van der Waals surface area contributed by atoms with Gasteiger partial charge in [0.15, 0.2) is 0 Å². The van der Waals surface area contributed by atoms with Crippen LogP contribution in [0.2, 0.25) is 0 Å². The van der Waals surface area contributed by atoms with E-state index in [9.17, 15) is 9.90 Å². The molecule has 0 bridgehead atoms. The summed E-state index contributed by atoms with van der Waals surface area (Å²) in [7, 11) is 0. The van der Waals surface area contributed by atoms with Gasteiger partial charge in [-0.05, 0) is 106 Å². The Kier molecular flexibility index (Phi) is 8.07. The molecule has 0 fully saturated rings. The van der Waals surface area contributed by atoms with Gasteiger partial charge in [-0.2, -0.15) is 0 Å². The minimum absolute atomic E-state index is 0.154. The zero-order valence-corrected chi connectivity index (χ0v) is 23.7.